The van der Waals surface area contributed by atoms with E-state index in [0.29, 0.717) is 5.69 Å². The molecular formula is C16H20N4O3. The standard InChI is InChI=1S/C16H20N4O3/c1-11(21)18-15(12-4-6-14(23-3)7-5-12)8-16(22)19-13-9-17-20(2)10-13/h4-7,9-10,15H,8H2,1-3H3,(H,18,21)(H,19,22)/t15-/m1/s1. The van der Waals surface area contributed by atoms with Gasteiger partial charge >= 0.3 is 0 Å². The molecule has 2 N–H and O–H groups in total. The molecule has 1 aromatic carbocycles. The Morgan fingerprint density at radius 1 is 1.30 bits per heavy atom. The quantitative estimate of drug-likeness (QED) is 0.848. The molecule has 0 bridgehead atoms. The highest BCUT2D eigenvalue weighted by Crippen LogP contribution is 2.21. The number of nitrogens with one attached hydrogen (secondary N) is 2. The largest absolute Gasteiger partial charge is 0.497 e. The van der Waals surface area contributed by atoms with Crippen molar-refractivity contribution in [2.24, 2.45) is 7.05 Å². The lowest BCUT2D eigenvalue weighted by Crippen LogP contribution is -2.29. The van der Waals surface area contributed by atoms with E-state index in [1.54, 1.807) is 43.4 Å². The number of ether oxygens (including phenoxy) is 1. The number of hydrogen-bond acceptors (Lipinski definition) is 4. The van der Waals surface area contributed by atoms with E-state index < -0.39 is 6.04 Å². The van der Waals surface area contributed by atoms with E-state index in [0.717, 1.165) is 11.3 Å². The molecule has 7 nitrogen and oxygen atoms in total. The molecule has 0 saturated heterocycles. The molecule has 0 unspecified atom stereocenters. The fraction of sp³-hybridized carbons (Fsp3) is 0.312. The number of aryl methyl sites for hydroxylation is 1. The summed E-state index contributed by atoms with van der Waals surface area (Å²) in [7, 11) is 3.36. The monoisotopic (exact) mass is 316 g/mol. The first-order valence-corrected chi connectivity index (χ1v) is 7.17. The molecule has 0 aliphatic heterocycles. The van der Waals surface area contributed by atoms with Crippen LogP contribution in [-0.4, -0.2) is 28.7 Å². The summed E-state index contributed by atoms with van der Waals surface area (Å²) in [6.07, 6.45) is 3.40. The van der Waals surface area contributed by atoms with Crippen molar-refractivity contribution in [3.8, 4) is 5.75 Å². The zero-order chi connectivity index (χ0) is 16.8. The van der Waals surface area contributed by atoms with Crippen LogP contribution in [-0.2, 0) is 16.6 Å². The van der Waals surface area contributed by atoms with Crippen LogP contribution in [0.4, 0.5) is 5.69 Å². The Morgan fingerprint density at radius 2 is 2.00 bits per heavy atom. The van der Waals surface area contributed by atoms with Gasteiger partial charge in [0.1, 0.15) is 5.75 Å². The summed E-state index contributed by atoms with van der Waals surface area (Å²) in [6.45, 7) is 1.43. The van der Waals surface area contributed by atoms with E-state index in [1.165, 1.54) is 6.92 Å². The second-order valence-corrected chi connectivity index (χ2v) is 5.18. The Kier molecular flexibility index (Phi) is 5.35. The normalized spacial score (nSPS) is 11.6. The number of benzene rings is 1. The highest BCUT2D eigenvalue weighted by molar-refractivity contribution is 5.91. The number of carbonyl (C=O) groups is 2. The predicted molar refractivity (Wildman–Crippen MR) is 86.0 cm³/mol. The maximum atomic E-state index is 12.2. The van der Waals surface area contributed by atoms with E-state index in [1.807, 2.05) is 12.1 Å². The Labute approximate surface area is 134 Å². The molecule has 0 spiro atoms. The summed E-state index contributed by atoms with van der Waals surface area (Å²) in [5.41, 5.74) is 1.45. The molecule has 2 rings (SSSR count). The summed E-state index contributed by atoms with van der Waals surface area (Å²) in [5.74, 6) is 0.322. The van der Waals surface area contributed by atoms with Gasteiger partial charge in [0.05, 0.1) is 31.5 Å². The van der Waals surface area contributed by atoms with Crippen LogP contribution in [0.1, 0.15) is 24.9 Å². The Hall–Kier alpha value is -2.83. The minimum absolute atomic E-state index is 0.126. The molecule has 2 amide bonds. The summed E-state index contributed by atoms with van der Waals surface area (Å²) in [6, 6.07) is 6.84. The third-order valence-corrected chi connectivity index (χ3v) is 3.27. The highest BCUT2D eigenvalue weighted by atomic mass is 16.5. The van der Waals surface area contributed by atoms with Gasteiger partial charge in [-0.15, -0.1) is 0 Å². The zero-order valence-corrected chi connectivity index (χ0v) is 13.4. The first-order chi connectivity index (χ1) is 11.0. The third kappa shape index (κ3) is 4.84. The van der Waals surface area contributed by atoms with E-state index in [-0.39, 0.29) is 18.2 Å². The van der Waals surface area contributed by atoms with Gasteiger partial charge in [-0.1, -0.05) is 12.1 Å². The number of carbonyl (C=O) groups excluding carboxylic acids is 2. The number of rotatable bonds is 6. The molecule has 2 aromatic rings. The van der Waals surface area contributed by atoms with Crippen LogP contribution in [0.5, 0.6) is 5.75 Å². The van der Waals surface area contributed by atoms with Crippen LogP contribution >= 0.6 is 0 Å². The molecule has 1 heterocycles. The zero-order valence-electron chi connectivity index (χ0n) is 13.4. The Morgan fingerprint density at radius 3 is 2.52 bits per heavy atom. The van der Waals surface area contributed by atoms with Crippen molar-refractivity contribution in [1.82, 2.24) is 15.1 Å². The predicted octanol–water partition coefficient (Wildman–Crippen LogP) is 1.63. The number of aromatic nitrogens is 2. The molecule has 0 aliphatic rings. The van der Waals surface area contributed by atoms with Crippen molar-refractivity contribution in [3.05, 3.63) is 42.2 Å². The van der Waals surface area contributed by atoms with Crippen molar-refractivity contribution in [2.75, 3.05) is 12.4 Å². The smallest absolute Gasteiger partial charge is 0.226 e. The van der Waals surface area contributed by atoms with E-state index in [4.69, 9.17) is 4.74 Å². The SMILES string of the molecule is COc1ccc([C@@H](CC(=O)Nc2cnn(C)c2)NC(C)=O)cc1. The number of hydrogen-bond donors (Lipinski definition) is 2. The van der Waals surface area contributed by atoms with Crippen molar-refractivity contribution < 1.29 is 14.3 Å². The second kappa shape index (κ2) is 7.44. The van der Waals surface area contributed by atoms with Gasteiger partial charge in [-0.3, -0.25) is 14.3 Å². The van der Waals surface area contributed by atoms with E-state index in [2.05, 4.69) is 15.7 Å². The fourth-order valence-corrected chi connectivity index (χ4v) is 2.22. The Balaban J connectivity index is 2.07. The lowest BCUT2D eigenvalue weighted by molar-refractivity contribution is -0.120. The molecule has 122 valence electrons. The summed E-state index contributed by atoms with van der Waals surface area (Å²) in [5, 5.41) is 9.55. The summed E-state index contributed by atoms with van der Waals surface area (Å²) in [4.78, 5) is 23.6. The molecule has 0 aliphatic carbocycles. The third-order valence-electron chi connectivity index (χ3n) is 3.27. The van der Waals surface area contributed by atoms with Gasteiger partial charge < -0.3 is 15.4 Å². The van der Waals surface area contributed by atoms with Gasteiger partial charge in [-0.25, -0.2) is 0 Å². The average Bonchev–Trinajstić information content (AvgIpc) is 2.91. The number of anilines is 1. The van der Waals surface area contributed by atoms with Crippen LogP contribution < -0.4 is 15.4 Å². The van der Waals surface area contributed by atoms with Gasteiger partial charge in [-0.2, -0.15) is 5.10 Å². The van der Waals surface area contributed by atoms with Gasteiger partial charge in [0.15, 0.2) is 0 Å². The van der Waals surface area contributed by atoms with Gasteiger partial charge in [-0.05, 0) is 17.7 Å². The molecule has 0 fully saturated rings. The molecular weight excluding hydrogens is 296 g/mol. The first-order valence-electron chi connectivity index (χ1n) is 7.17. The lowest BCUT2D eigenvalue weighted by Gasteiger charge is -2.18. The van der Waals surface area contributed by atoms with Crippen molar-refractivity contribution in [3.63, 3.8) is 0 Å². The number of amides is 2. The summed E-state index contributed by atoms with van der Waals surface area (Å²) >= 11 is 0. The van der Waals surface area contributed by atoms with Gasteiger partial charge in [0.25, 0.3) is 0 Å². The molecule has 1 aromatic heterocycles. The Bertz CT molecular complexity index is 679. The summed E-state index contributed by atoms with van der Waals surface area (Å²) < 4.78 is 6.72. The lowest BCUT2D eigenvalue weighted by atomic mass is 10.0. The van der Waals surface area contributed by atoms with Crippen LogP contribution in [0.15, 0.2) is 36.7 Å². The maximum absolute atomic E-state index is 12.2. The topological polar surface area (TPSA) is 85.2 Å². The van der Waals surface area contributed by atoms with Crippen LogP contribution in [0.3, 0.4) is 0 Å². The van der Waals surface area contributed by atoms with Crippen LogP contribution in [0, 0.1) is 0 Å². The fourth-order valence-electron chi connectivity index (χ4n) is 2.22. The molecule has 7 heteroatoms. The van der Waals surface area contributed by atoms with Crippen LogP contribution in [0.25, 0.3) is 0 Å². The maximum Gasteiger partial charge on any atom is 0.226 e. The van der Waals surface area contributed by atoms with Gasteiger partial charge in [0, 0.05) is 20.2 Å². The van der Waals surface area contributed by atoms with Crippen molar-refractivity contribution in [2.45, 2.75) is 19.4 Å². The van der Waals surface area contributed by atoms with E-state index in [9.17, 15) is 9.59 Å². The molecule has 0 radical (unpaired) electrons. The minimum Gasteiger partial charge on any atom is -0.497 e. The van der Waals surface area contributed by atoms with Crippen LogP contribution in [0.2, 0.25) is 0 Å². The highest BCUT2D eigenvalue weighted by Gasteiger charge is 2.17. The second-order valence-electron chi connectivity index (χ2n) is 5.18. The van der Waals surface area contributed by atoms with Crippen molar-refractivity contribution >= 4 is 17.5 Å². The van der Waals surface area contributed by atoms with E-state index >= 15 is 0 Å². The first kappa shape index (κ1) is 16.5. The average molecular weight is 316 g/mol. The van der Waals surface area contributed by atoms with Crippen molar-refractivity contribution in [1.29, 1.82) is 0 Å². The molecule has 0 saturated carbocycles. The molecule has 1 atom stereocenters. The van der Waals surface area contributed by atoms with Gasteiger partial charge in [0.2, 0.25) is 11.8 Å². The number of nitrogens with zero attached hydrogens (tertiary/aromatic N) is 2. The molecule has 23 heavy (non-hydrogen) atoms. The number of methoxy groups -OCH3 is 1. The minimum atomic E-state index is -0.407.